The normalized spacial score (nSPS) is 8.55. The summed E-state index contributed by atoms with van der Waals surface area (Å²) in [6.07, 6.45) is 0.722. The maximum atomic E-state index is 10.1. The number of carbonyl (C=O) groups is 2. The number of hydrogen-bond donors (Lipinski definition) is 0. The number of ether oxygens (including phenoxy) is 1. The summed E-state index contributed by atoms with van der Waals surface area (Å²) in [5.74, 6) is -2.41. The van der Waals surface area contributed by atoms with Gasteiger partial charge in [0.15, 0.2) is 0 Å². The standard InChI is InChI=1S/C8H5Cl3O3.C3H4O2.Cu/c9-4-1-6(11)7(2-5(4)10)14-3-8(12)13;1-2-3(4)5;/h1-2H,3H2,(H,12,13);2H,1H2,(H,4,5);/q;;+1/p-2. The van der Waals surface area contributed by atoms with Crippen LogP contribution in [-0.4, -0.2) is 18.5 Å². The van der Waals surface area contributed by atoms with E-state index in [9.17, 15) is 9.90 Å². The van der Waals surface area contributed by atoms with Gasteiger partial charge >= 0.3 is 17.1 Å². The molecule has 0 aliphatic heterocycles. The molecule has 1 aromatic carbocycles. The molecule has 0 spiro atoms. The number of rotatable bonds is 4. The van der Waals surface area contributed by atoms with Gasteiger partial charge in [-0.3, -0.25) is 0 Å². The molecule has 1 aromatic rings. The summed E-state index contributed by atoms with van der Waals surface area (Å²) in [5.41, 5.74) is 0. The van der Waals surface area contributed by atoms with Crippen LogP contribution in [0.1, 0.15) is 0 Å². The van der Waals surface area contributed by atoms with Crippen molar-refractivity contribution in [2.45, 2.75) is 0 Å². The molecular formula is C11H7Cl3CuO5-. The van der Waals surface area contributed by atoms with Gasteiger partial charge in [0.25, 0.3) is 0 Å². The van der Waals surface area contributed by atoms with Crippen molar-refractivity contribution in [2.24, 2.45) is 0 Å². The average molecular weight is 389 g/mol. The Morgan fingerprint density at radius 1 is 1.15 bits per heavy atom. The first-order chi connectivity index (χ1) is 8.77. The number of benzene rings is 1. The number of carboxylic acids is 2. The second kappa shape index (κ2) is 10.8. The zero-order valence-electron chi connectivity index (χ0n) is 9.62. The summed E-state index contributed by atoms with van der Waals surface area (Å²) in [4.78, 5) is 19.2. The fraction of sp³-hybridized carbons (Fsp3) is 0.0909. The van der Waals surface area contributed by atoms with Gasteiger partial charge in [-0.1, -0.05) is 41.4 Å². The van der Waals surface area contributed by atoms with Crippen molar-refractivity contribution >= 4 is 46.7 Å². The van der Waals surface area contributed by atoms with Gasteiger partial charge in [-0.15, -0.1) is 0 Å². The number of carbonyl (C=O) groups excluding carboxylic acids is 2. The van der Waals surface area contributed by atoms with Crippen molar-refractivity contribution in [1.29, 1.82) is 0 Å². The van der Waals surface area contributed by atoms with E-state index < -0.39 is 18.5 Å². The smallest absolute Gasteiger partial charge is 0.546 e. The third-order valence-corrected chi connectivity index (χ3v) is 2.50. The summed E-state index contributed by atoms with van der Waals surface area (Å²) >= 11 is 17.0. The fourth-order valence-corrected chi connectivity index (χ4v) is 1.34. The van der Waals surface area contributed by atoms with E-state index in [0.29, 0.717) is 0 Å². The number of carboxylic acid groups (broad SMARTS) is 2. The van der Waals surface area contributed by atoms with E-state index in [2.05, 4.69) is 6.58 Å². The second-order valence-corrected chi connectivity index (χ2v) is 4.10. The molecule has 0 bridgehead atoms. The van der Waals surface area contributed by atoms with Crippen LogP contribution in [0.25, 0.3) is 0 Å². The summed E-state index contributed by atoms with van der Waals surface area (Å²) in [6, 6.07) is 2.71. The van der Waals surface area contributed by atoms with E-state index in [4.69, 9.17) is 49.4 Å². The van der Waals surface area contributed by atoms with Crippen LogP contribution in [0.3, 0.4) is 0 Å². The van der Waals surface area contributed by atoms with Gasteiger partial charge in [-0.25, -0.2) is 0 Å². The minimum atomic E-state index is -1.34. The minimum Gasteiger partial charge on any atom is -0.546 e. The van der Waals surface area contributed by atoms with Gasteiger partial charge in [0.1, 0.15) is 12.4 Å². The van der Waals surface area contributed by atoms with Crippen LogP contribution < -0.4 is 14.9 Å². The Hall–Kier alpha value is -0.911. The van der Waals surface area contributed by atoms with E-state index >= 15 is 0 Å². The Balaban J connectivity index is 0. The molecule has 9 heteroatoms. The maximum Gasteiger partial charge on any atom is 1.00 e. The average Bonchev–Trinajstić information content (AvgIpc) is 2.32. The molecule has 0 fully saturated rings. The molecule has 20 heavy (non-hydrogen) atoms. The van der Waals surface area contributed by atoms with E-state index in [1.807, 2.05) is 0 Å². The Labute approximate surface area is 140 Å². The fourth-order valence-electron chi connectivity index (χ4n) is 0.752. The Kier molecular flexibility index (Phi) is 11.6. The number of hydrogen-bond acceptors (Lipinski definition) is 5. The molecule has 0 aliphatic rings. The zero-order chi connectivity index (χ0) is 15.0. The third kappa shape index (κ3) is 9.07. The van der Waals surface area contributed by atoms with Crippen molar-refractivity contribution in [3.05, 3.63) is 39.9 Å². The number of halogens is 3. The van der Waals surface area contributed by atoms with Gasteiger partial charge in [0, 0.05) is 6.07 Å². The Morgan fingerprint density at radius 2 is 1.60 bits per heavy atom. The monoisotopic (exact) mass is 387 g/mol. The van der Waals surface area contributed by atoms with Gasteiger partial charge in [-0.2, -0.15) is 0 Å². The largest absolute Gasteiger partial charge is 1.00 e. The molecule has 5 nitrogen and oxygen atoms in total. The molecule has 0 amide bonds. The molecule has 0 unspecified atom stereocenters. The van der Waals surface area contributed by atoms with Crippen LogP contribution >= 0.6 is 34.8 Å². The topological polar surface area (TPSA) is 89.5 Å². The molecule has 0 aliphatic carbocycles. The van der Waals surface area contributed by atoms with Crippen LogP contribution in [0.2, 0.25) is 15.1 Å². The third-order valence-electron chi connectivity index (χ3n) is 1.49. The van der Waals surface area contributed by atoms with Crippen molar-refractivity contribution in [3.8, 4) is 5.75 Å². The molecule has 1 rings (SSSR count). The van der Waals surface area contributed by atoms with Crippen molar-refractivity contribution in [2.75, 3.05) is 6.61 Å². The predicted octanol–water partition coefficient (Wildman–Crippen LogP) is 0.695. The van der Waals surface area contributed by atoms with Crippen LogP contribution in [0.5, 0.6) is 5.75 Å². The summed E-state index contributed by atoms with van der Waals surface area (Å²) in [5, 5.41) is 19.9. The van der Waals surface area contributed by atoms with Gasteiger partial charge in [0.2, 0.25) is 0 Å². The summed E-state index contributed by atoms with van der Waals surface area (Å²) in [7, 11) is 0. The molecule has 0 saturated heterocycles. The van der Waals surface area contributed by atoms with E-state index in [1.165, 1.54) is 12.1 Å². The molecule has 114 valence electrons. The molecule has 0 heterocycles. The second-order valence-electron chi connectivity index (χ2n) is 2.88. The molecule has 0 N–H and O–H groups in total. The SMILES string of the molecule is C=CC(=O)[O-].O=C([O-])COc1cc(Cl)c(Cl)cc1Cl.[Cu+]. The van der Waals surface area contributed by atoms with Gasteiger partial charge < -0.3 is 24.5 Å². The number of aliphatic carboxylic acids is 2. The van der Waals surface area contributed by atoms with Crippen LogP contribution in [0.4, 0.5) is 0 Å². The summed E-state index contributed by atoms with van der Waals surface area (Å²) < 4.78 is 4.80. The van der Waals surface area contributed by atoms with Crippen LogP contribution in [0, 0.1) is 0 Å². The van der Waals surface area contributed by atoms with Crippen molar-refractivity contribution in [1.82, 2.24) is 0 Å². The first kappa shape index (κ1) is 21.4. The first-order valence-electron chi connectivity index (χ1n) is 4.58. The van der Waals surface area contributed by atoms with E-state index in [1.54, 1.807) is 0 Å². The van der Waals surface area contributed by atoms with E-state index in [0.717, 1.165) is 6.08 Å². The zero-order valence-corrected chi connectivity index (χ0v) is 12.8. The minimum absolute atomic E-state index is 0. The Morgan fingerprint density at radius 3 is 2.00 bits per heavy atom. The molecule has 0 saturated carbocycles. The quantitative estimate of drug-likeness (QED) is 0.430. The summed E-state index contributed by atoms with van der Waals surface area (Å²) in [6.45, 7) is 2.31. The van der Waals surface area contributed by atoms with E-state index in [-0.39, 0.29) is 37.9 Å². The Bertz CT molecular complexity index is 493. The van der Waals surface area contributed by atoms with Gasteiger partial charge in [0.05, 0.1) is 27.0 Å². The van der Waals surface area contributed by atoms with Crippen molar-refractivity contribution < 1.29 is 41.6 Å². The maximum absolute atomic E-state index is 10.1. The molecule has 0 radical (unpaired) electrons. The molecular weight excluding hydrogens is 382 g/mol. The van der Waals surface area contributed by atoms with Crippen molar-refractivity contribution in [3.63, 3.8) is 0 Å². The van der Waals surface area contributed by atoms with Crippen LogP contribution in [0.15, 0.2) is 24.8 Å². The van der Waals surface area contributed by atoms with Gasteiger partial charge in [-0.05, 0) is 12.1 Å². The molecule has 0 aromatic heterocycles. The first-order valence-corrected chi connectivity index (χ1v) is 5.72. The predicted molar refractivity (Wildman–Crippen MR) is 67.2 cm³/mol. The molecule has 0 atom stereocenters. The van der Waals surface area contributed by atoms with Crippen LogP contribution in [-0.2, 0) is 26.7 Å².